The first-order chi connectivity index (χ1) is 11.3. The number of nitrogens with zero attached hydrogens (tertiary/aromatic N) is 4. The molecule has 1 aliphatic heterocycles. The van der Waals surface area contributed by atoms with Gasteiger partial charge in [0.05, 0.1) is 0 Å². The van der Waals surface area contributed by atoms with Crippen molar-refractivity contribution in [3.8, 4) is 5.75 Å². The summed E-state index contributed by atoms with van der Waals surface area (Å²) >= 11 is 0. The molecular formula is C17H17N5O. The molecule has 2 N–H and O–H groups in total. The SMILES string of the molecule is Oc1ccccc1C(c1nn[nH]n1)N1CCc2ccccc2C1. The largest absolute Gasteiger partial charge is 0.508 e. The Morgan fingerprint density at radius 1 is 1.04 bits per heavy atom. The van der Waals surface area contributed by atoms with Crippen LogP contribution in [-0.2, 0) is 13.0 Å². The lowest BCUT2D eigenvalue weighted by molar-refractivity contribution is 0.196. The van der Waals surface area contributed by atoms with E-state index in [2.05, 4.69) is 49.8 Å². The van der Waals surface area contributed by atoms with Crippen molar-refractivity contribution in [1.82, 2.24) is 25.5 Å². The average Bonchev–Trinajstić information content (AvgIpc) is 3.11. The third kappa shape index (κ3) is 2.57. The smallest absolute Gasteiger partial charge is 0.196 e. The normalized spacial score (nSPS) is 16.0. The van der Waals surface area contributed by atoms with E-state index in [1.54, 1.807) is 6.07 Å². The zero-order valence-electron chi connectivity index (χ0n) is 12.6. The van der Waals surface area contributed by atoms with Crippen LogP contribution in [0.5, 0.6) is 5.75 Å². The van der Waals surface area contributed by atoms with E-state index in [1.165, 1.54) is 11.1 Å². The average molecular weight is 307 g/mol. The van der Waals surface area contributed by atoms with Gasteiger partial charge in [0.2, 0.25) is 0 Å². The molecule has 0 aliphatic carbocycles. The minimum absolute atomic E-state index is 0.219. The number of tetrazole rings is 1. The van der Waals surface area contributed by atoms with Gasteiger partial charge < -0.3 is 5.11 Å². The monoisotopic (exact) mass is 307 g/mol. The van der Waals surface area contributed by atoms with E-state index in [0.29, 0.717) is 5.82 Å². The molecule has 0 saturated heterocycles. The Morgan fingerprint density at radius 2 is 1.83 bits per heavy atom. The Morgan fingerprint density at radius 3 is 2.61 bits per heavy atom. The number of hydrogen-bond acceptors (Lipinski definition) is 5. The van der Waals surface area contributed by atoms with Gasteiger partial charge in [-0.1, -0.05) is 47.7 Å². The van der Waals surface area contributed by atoms with Crippen LogP contribution in [-0.4, -0.2) is 37.2 Å². The van der Waals surface area contributed by atoms with Gasteiger partial charge in [0.1, 0.15) is 11.8 Å². The van der Waals surface area contributed by atoms with Crippen LogP contribution in [0.2, 0.25) is 0 Å². The molecule has 0 fully saturated rings. The summed E-state index contributed by atoms with van der Waals surface area (Å²) in [4.78, 5) is 2.28. The van der Waals surface area contributed by atoms with Crippen molar-refractivity contribution >= 4 is 0 Å². The van der Waals surface area contributed by atoms with Crippen LogP contribution in [0.3, 0.4) is 0 Å². The minimum Gasteiger partial charge on any atom is -0.508 e. The lowest BCUT2D eigenvalue weighted by atomic mass is 9.95. The number of aromatic nitrogens is 4. The quantitative estimate of drug-likeness (QED) is 0.774. The molecule has 3 aromatic rings. The van der Waals surface area contributed by atoms with E-state index in [-0.39, 0.29) is 11.8 Å². The van der Waals surface area contributed by atoms with Crippen LogP contribution < -0.4 is 0 Å². The highest BCUT2D eigenvalue weighted by Crippen LogP contribution is 2.35. The number of rotatable bonds is 3. The third-order valence-electron chi connectivity index (χ3n) is 4.36. The van der Waals surface area contributed by atoms with E-state index in [4.69, 9.17) is 0 Å². The van der Waals surface area contributed by atoms with Crippen molar-refractivity contribution in [3.63, 3.8) is 0 Å². The molecule has 0 amide bonds. The van der Waals surface area contributed by atoms with Gasteiger partial charge in [-0.25, -0.2) is 0 Å². The van der Waals surface area contributed by atoms with Crippen LogP contribution in [0.15, 0.2) is 48.5 Å². The molecule has 1 unspecified atom stereocenters. The molecule has 116 valence electrons. The highest BCUT2D eigenvalue weighted by atomic mass is 16.3. The van der Waals surface area contributed by atoms with Crippen molar-refractivity contribution in [2.24, 2.45) is 0 Å². The molecule has 6 heteroatoms. The number of benzene rings is 2. The van der Waals surface area contributed by atoms with E-state index in [9.17, 15) is 5.11 Å². The maximum Gasteiger partial charge on any atom is 0.196 e. The standard InChI is InChI=1S/C17H17N5O/c23-15-8-4-3-7-14(15)16(17-18-20-21-19-17)22-10-9-12-5-1-2-6-13(12)11-22/h1-8,16,23H,9-11H2,(H,18,19,20,21). The van der Waals surface area contributed by atoms with Gasteiger partial charge >= 0.3 is 0 Å². The predicted octanol–water partition coefficient (Wildman–Crippen LogP) is 2.05. The van der Waals surface area contributed by atoms with Crippen molar-refractivity contribution in [2.45, 2.75) is 19.0 Å². The number of H-pyrrole nitrogens is 1. The number of phenolic OH excluding ortho intramolecular Hbond substituents is 1. The van der Waals surface area contributed by atoms with Crippen molar-refractivity contribution in [3.05, 3.63) is 71.0 Å². The second kappa shape index (κ2) is 5.81. The number of hydrogen-bond donors (Lipinski definition) is 2. The first kappa shape index (κ1) is 13.9. The molecule has 0 spiro atoms. The molecule has 1 atom stereocenters. The molecule has 4 rings (SSSR count). The van der Waals surface area contributed by atoms with Gasteiger partial charge in [0.15, 0.2) is 5.82 Å². The number of nitrogens with one attached hydrogen (secondary N) is 1. The zero-order valence-corrected chi connectivity index (χ0v) is 12.6. The molecule has 0 bridgehead atoms. The summed E-state index contributed by atoms with van der Waals surface area (Å²) < 4.78 is 0. The molecule has 0 saturated carbocycles. The van der Waals surface area contributed by atoms with E-state index in [0.717, 1.165) is 25.1 Å². The third-order valence-corrected chi connectivity index (χ3v) is 4.36. The lowest BCUT2D eigenvalue weighted by Crippen LogP contribution is -2.35. The zero-order chi connectivity index (χ0) is 15.6. The Balaban J connectivity index is 1.74. The lowest BCUT2D eigenvalue weighted by Gasteiger charge is -2.34. The summed E-state index contributed by atoms with van der Waals surface area (Å²) in [5, 5.41) is 24.8. The first-order valence-corrected chi connectivity index (χ1v) is 7.65. The van der Waals surface area contributed by atoms with Crippen LogP contribution in [0, 0.1) is 0 Å². The maximum atomic E-state index is 10.3. The number of aromatic hydroxyl groups is 1. The molecule has 23 heavy (non-hydrogen) atoms. The first-order valence-electron chi connectivity index (χ1n) is 7.65. The summed E-state index contributed by atoms with van der Waals surface area (Å²) in [5.41, 5.74) is 3.49. The predicted molar refractivity (Wildman–Crippen MR) is 84.7 cm³/mol. The fraction of sp³-hybridized carbons (Fsp3) is 0.235. The van der Waals surface area contributed by atoms with Gasteiger partial charge in [0, 0.05) is 18.7 Å². The van der Waals surface area contributed by atoms with Gasteiger partial charge in [-0.2, -0.15) is 5.21 Å². The summed E-state index contributed by atoms with van der Waals surface area (Å²) in [6.07, 6.45) is 0.970. The molecular weight excluding hydrogens is 290 g/mol. The van der Waals surface area contributed by atoms with E-state index in [1.807, 2.05) is 18.2 Å². The summed E-state index contributed by atoms with van der Waals surface area (Å²) in [5.74, 6) is 0.826. The Kier molecular flexibility index (Phi) is 3.51. The second-order valence-electron chi connectivity index (χ2n) is 5.72. The van der Waals surface area contributed by atoms with Crippen LogP contribution in [0.1, 0.15) is 28.6 Å². The fourth-order valence-electron chi connectivity index (χ4n) is 3.24. The molecule has 1 aliphatic rings. The van der Waals surface area contributed by atoms with Gasteiger partial charge in [-0.3, -0.25) is 4.90 Å². The van der Waals surface area contributed by atoms with Crippen molar-refractivity contribution in [2.75, 3.05) is 6.54 Å². The van der Waals surface area contributed by atoms with E-state index >= 15 is 0 Å². The molecule has 0 radical (unpaired) electrons. The molecule has 2 heterocycles. The topological polar surface area (TPSA) is 77.9 Å². The minimum atomic E-state index is -0.219. The summed E-state index contributed by atoms with van der Waals surface area (Å²) in [6, 6.07) is 15.6. The molecule has 1 aromatic heterocycles. The highest BCUT2D eigenvalue weighted by Gasteiger charge is 2.30. The van der Waals surface area contributed by atoms with Crippen LogP contribution >= 0.6 is 0 Å². The van der Waals surface area contributed by atoms with Crippen LogP contribution in [0.25, 0.3) is 0 Å². The van der Waals surface area contributed by atoms with Crippen molar-refractivity contribution < 1.29 is 5.11 Å². The second-order valence-corrected chi connectivity index (χ2v) is 5.72. The van der Waals surface area contributed by atoms with Gasteiger partial charge in [-0.05, 0) is 23.6 Å². The van der Waals surface area contributed by atoms with Crippen LogP contribution in [0.4, 0.5) is 0 Å². The molecule has 6 nitrogen and oxygen atoms in total. The number of aromatic amines is 1. The van der Waals surface area contributed by atoms with E-state index < -0.39 is 0 Å². The number of para-hydroxylation sites is 1. The number of fused-ring (bicyclic) bond motifs is 1. The summed E-state index contributed by atoms with van der Waals surface area (Å²) in [6.45, 7) is 1.67. The number of phenols is 1. The maximum absolute atomic E-state index is 10.3. The molecule has 2 aromatic carbocycles. The fourth-order valence-corrected chi connectivity index (χ4v) is 3.24. The highest BCUT2D eigenvalue weighted by molar-refractivity contribution is 5.38. The Labute approximate surface area is 133 Å². The Bertz CT molecular complexity index is 802. The van der Waals surface area contributed by atoms with Crippen molar-refractivity contribution in [1.29, 1.82) is 0 Å². The van der Waals surface area contributed by atoms with Gasteiger partial charge in [0.25, 0.3) is 0 Å². The van der Waals surface area contributed by atoms with Gasteiger partial charge in [-0.15, -0.1) is 10.2 Å². The Hall–Kier alpha value is -2.73. The summed E-state index contributed by atoms with van der Waals surface area (Å²) in [7, 11) is 0.